The molecule has 1 aliphatic heterocycles. The lowest BCUT2D eigenvalue weighted by molar-refractivity contribution is 0.117. The standard InChI is InChI=1S/C16H26N2O/c1-19-12-15-8-4-10-18(15)17-11-14-7-2-5-13-6-3-9-16(13)14/h2,5,11,13-16H,3-4,6-10,12H2,1H3/b17-11+/t13-,14+,15+,16-/m1/s1. The van der Waals surface area contributed by atoms with Gasteiger partial charge in [-0.25, -0.2) is 0 Å². The number of fused-ring (bicyclic) bond motifs is 1. The Balaban J connectivity index is 1.61. The maximum absolute atomic E-state index is 5.29. The van der Waals surface area contributed by atoms with Gasteiger partial charge >= 0.3 is 0 Å². The van der Waals surface area contributed by atoms with Crippen LogP contribution < -0.4 is 0 Å². The van der Waals surface area contributed by atoms with E-state index in [1.54, 1.807) is 7.11 Å². The fourth-order valence-electron chi connectivity index (χ4n) is 4.05. The Kier molecular flexibility index (Phi) is 4.21. The molecular formula is C16H26N2O. The highest BCUT2D eigenvalue weighted by Gasteiger charge is 2.33. The van der Waals surface area contributed by atoms with Crippen molar-refractivity contribution in [3.05, 3.63) is 12.2 Å². The number of methoxy groups -OCH3 is 1. The van der Waals surface area contributed by atoms with Crippen LogP contribution in [0.2, 0.25) is 0 Å². The van der Waals surface area contributed by atoms with E-state index in [1.807, 2.05) is 0 Å². The summed E-state index contributed by atoms with van der Waals surface area (Å²) in [6, 6.07) is 0.500. The van der Waals surface area contributed by atoms with E-state index in [2.05, 4.69) is 23.4 Å². The number of hydrogen-bond acceptors (Lipinski definition) is 3. The second-order valence-electron chi connectivity index (χ2n) is 6.27. The molecule has 0 aromatic heterocycles. The Labute approximate surface area is 116 Å². The molecule has 0 aromatic rings. The van der Waals surface area contributed by atoms with Crippen LogP contribution in [0, 0.1) is 17.8 Å². The van der Waals surface area contributed by atoms with Crippen LogP contribution in [0.4, 0.5) is 0 Å². The minimum atomic E-state index is 0.500. The van der Waals surface area contributed by atoms with E-state index in [4.69, 9.17) is 9.84 Å². The SMILES string of the molecule is COC[C@@H]1CCCN1/N=C/[C@@H]1CC=C[C@@H]2CCC[C@H]21. The molecule has 0 spiro atoms. The largest absolute Gasteiger partial charge is 0.382 e. The minimum Gasteiger partial charge on any atom is -0.382 e. The fraction of sp³-hybridized carbons (Fsp3) is 0.812. The molecule has 1 saturated heterocycles. The molecule has 1 saturated carbocycles. The van der Waals surface area contributed by atoms with Gasteiger partial charge in [-0.15, -0.1) is 0 Å². The van der Waals surface area contributed by atoms with Gasteiger partial charge in [-0.3, -0.25) is 5.01 Å². The Morgan fingerprint density at radius 1 is 1.32 bits per heavy atom. The molecule has 3 aliphatic rings. The van der Waals surface area contributed by atoms with Crippen molar-refractivity contribution in [1.29, 1.82) is 0 Å². The van der Waals surface area contributed by atoms with Crippen LogP contribution in [0.3, 0.4) is 0 Å². The number of allylic oxidation sites excluding steroid dienone is 2. The first-order valence-corrected chi connectivity index (χ1v) is 7.85. The lowest BCUT2D eigenvalue weighted by atomic mass is 9.78. The third-order valence-corrected chi connectivity index (χ3v) is 5.08. The number of hydrogen-bond donors (Lipinski definition) is 0. The van der Waals surface area contributed by atoms with E-state index in [0.717, 1.165) is 25.0 Å². The van der Waals surface area contributed by atoms with Gasteiger partial charge in [0.15, 0.2) is 0 Å². The van der Waals surface area contributed by atoms with E-state index < -0.39 is 0 Å². The summed E-state index contributed by atoms with van der Waals surface area (Å²) in [5.41, 5.74) is 0. The average molecular weight is 262 g/mol. The molecule has 0 bridgehead atoms. The monoisotopic (exact) mass is 262 g/mol. The second kappa shape index (κ2) is 6.08. The summed E-state index contributed by atoms with van der Waals surface area (Å²) in [6.07, 6.45) is 14.9. The first-order valence-electron chi connectivity index (χ1n) is 7.85. The van der Waals surface area contributed by atoms with Gasteiger partial charge in [0.05, 0.1) is 12.6 Å². The third-order valence-electron chi connectivity index (χ3n) is 5.08. The highest BCUT2D eigenvalue weighted by atomic mass is 16.5. The number of ether oxygens (including phenoxy) is 1. The van der Waals surface area contributed by atoms with Crippen molar-refractivity contribution in [3.63, 3.8) is 0 Å². The van der Waals surface area contributed by atoms with E-state index in [9.17, 15) is 0 Å². The molecule has 1 heterocycles. The maximum atomic E-state index is 5.29. The topological polar surface area (TPSA) is 24.8 Å². The first kappa shape index (κ1) is 13.2. The summed E-state index contributed by atoms with van der Waals surface area (Å²) in [6.45, 7) is 1.91. The molecule has 0 radical (unpaired) electrons. The molecule has 2 aliphatic carbocycles. The number of rotatable bonds is 4. The highest BCUT2D eigenvalue weighted by Crippen LogP contribution is 2.41. The fourth-order valence-corrected chi connectivity index (χ4v) is 4.05. The molecule has 106 valence electrons. The Hall–Kier alpha value is -0.830. The van der Waals surface area contributed by atoms with Crippen LogP contribution in [0.1, 0.15) is 38.5 Å². The second-order valence-corrected chi connectivity index (χ2v) is 6.27. The van der Waals surface area contributed by atoms with Crippen molar-refractivity contribution in [3.8, 4) is 0 Å². The van der Waals surface area contributed by atoms with Crippen LogP contribution in [-0.4, -0.2) is 37.5 Å². The number of nitrogens with zero attached hydrogens (tertiary/aromatic N) is 2. The molecule has 4 atom stereocenters. The van der Waals surface area contributed by atoms with Crippen LogP contribution >= 0.6 is 0 Å². The molecule has 0 amide bonds. The van der Waals surface area contributed by atoms with Gasteiger partial charge in [0.2, 0.25) is 0 Å². The maximum Gasteiger partial charge on any atom is 0.0704 e. The van der Waals surface area contributed by atoms with Gasteiger partial charge in [0.1, 0.15) is 0 Å². The highest BCUT2D eigenvalue weighted by molar-refractivity contribution is 5.62. The summed E-state index contributed by atoms with van der Waals surface area (Å²) in [5.74, 6) is 2.36. The molecule has 0 aromatic carbocycles. The summed E-state index contributed by atoms with van der Waals surface area (Å²) < 4.78 is 5.29. The van der Waals surface area contributed by atoms with Crippen molar-refractivity contribution in [2.24, 2.45) is 22.9 Å². The quantitative estimate of drug-likeness (QED) is 0.574. The normalized spacial score (nSPS) is 38.3. The lowest BCUT2D eigenvalue weighted by Crippen LogP contribution is -2.30. The molecule has 3 heteroatoms. The van der Waals surface area contributed by atoms with E-state index in [-0.39, 0.29) is 0 Å². The molecule has 19 heavy (non-hydrogen) atoms. The third kappa shape index (κ3) is 2.86. The van der Waals surface area contributed by atoms with Crippen LogP contribution in [-0.2, 0) is 4.74 Å². The molecular weight excluding hydrogens is 236 g/mol. The van der Waals surface area contributed by atoms with Crippen molar-refractivity contribution in [2.45, 2.75) is 44.6 Å². The van der Waals surface area contributed by atoms with Gasteiger partial charge in [-0.1, -0.05) is 18.6 Å². The smallest absolute Gasteiger partial charge is 0.0704 e. The molecule has 3 nitrogen and oxygen atoms in total. The van der Waals surface area contributed by atoms with Crippen molar-refractivity contribution in [1.82, 2.24) is 5.01 Å². The van der Waals surface area contributed by atoms with Gasteiger partial charge in [0, 0.05) is 25.8 Å². The predicted octanol–water partition coefficient (Wildman–Crippen LogP) is 3.08. The van der Waals surface area contributed by atoms with E-state index in [1.165, 1.54) is 38.5 Å². The van der Waals surface area contributed by atoms with Crippen LogP contribution in [0.25, 0.3) is 0 Å². The first-order chi connectivity index (χ1) is 9.38. The van der Waals surface area contributed by atoms with Gasteiger partial charge < -0.3 is 4.74 Å². The van der Waals surface area contributed by atoms with Crippen molar-refractivity contribution in [2.75, 3.05) is 20.3 Å². The zero-order valence-electron chi connectivity index (χ0n) is 12.0. The van der Waals surface area contributed by atoms with Crippen LogP contribution in [0.15, 0.2) is 17.3 Å². The lowest BCUT2D eigenvalue weighted by Gasteiger charge is -2.28. The zero-order chi connectivity index (χ0) is 13.1. The van der Waals surface area contributed by atoms with Crippen molar-refractivity contribution >= 4 is 6.21 Å². The van der Waals surface area contributed by atoms with Gasteiger partial charge in [-0.2, -0.15) is 5.10 Å². The van der Waals surface area contributed by atoms with Crippen LogP contribution in [0.5, 0.6) is 0 Å². The van der Waals surface area contributed by atoms with Gasteiger partial charge in [-0.05, 0) is 43.9 Å². The van der Waals surface area contributed by atoms with E-state index in [0.29, 0.717) is 12.0 Å². The Morgan fingerprint density at radius 3 is 3.16 bits per heavy atom. The molecule has 0 unspecified atom stereocenters. The molecule has 3 rings (SSSR count). The zero-order valence-corrected chi connectivity index (χ0v) is 12.0. The average Bonchev–Trinajstić information content (AvgIpc) is 3.05. The van der Waals surface area contributed by atoms with Crippen molar-refractivity contribution < 1.29 is 4.74 Å². The minimum absolute atomic E-state index is 0.500. The summed E-state index contributed by atoms with van der Waals surface area (Å²) in [7, 11) is 1.79. The molecule has 0 N–H and O–H groups in total. The number of hydrazone groups is 1. The molecule has 2 fully saturated rings. The summed E-state index contributed by atoms with van der Waals surface area (Å²) in [5, 5.41) is 7.06. The Morgan fingerprint density at radius 2 is 2.26 bits per heavy atom. The summed E-state index contributed by atoms with van der Waals surface area (Å²) in [4.78, 5) is 0. The summed E-state index contributed by atoms with van der Waals surface area (Å²) >= 11 is 0. The Bertz CT molecular complexity index is 353. The van der Waals surface area contributed by atoms with E-state index >= 15 is 0 Å². The predicted molar refractivity (Wildman–Crippen MR) is 78.2 cm³/mol. The van der Waals surface area contributed by atoms with Gasteiger partial charge in [0.25, 0.3) is 0 Å².